The number of aryl methyl sites for hydroxylation is 1. The first-order chi connectivity index (χ1) is 15.0. The Morgan fingerprint density at radius 1 is 1.23 bits per heavy atom. The molecule has 0 bridgehead atoms. The SMILES string of the molecule is Cc1[nH]c2ccccc2c1-c1csc(NC(=O)CN2C(=O)[C@H](C)Oc3ccccc32)n1. The average molecular weight is 433 g/mol. The summed E-state index contributed by atoms with van der Waals surface area (Å²) >= 11 is 1.36. The fourth-order valence-electron chi connectivity index (χ4n) is 3.88. The van der Waals surface area contributed by atoms with Crippen LogP contribution in [0.2, 0.25) is 0 Å². The number of carbonyl (C=O) groups excluding carboxylic acids is 2. The first kappa shape index (κ1) is 19.3. The van der Waals surface area contributed by atoms with E-state index in [0.29, 0.717) is 16.6 Å². The molecule has 5 rings (SSSR count). The highest BCUT2D eigenvalue weighted by molar-refractivity contribution is 7.14. The monoisotopic (exact) mass is 432 g/mol. The number of benzene rings is 2. The minimum atomic E-state index is -0.640. The lowest BCUT2D eigenvalue weighted by Gasteiger charge is -2.32. The number of aromatic amines is 1. The number of hydrogen-bond donors (Lipinski definition) is 2. The number of nitrogens with zero attached hydrogens (tertiary/aromatic N) is 2. The van der Waals surface area contributed by atoms with E-state index in [2.05, 4.69) is 21.4 Å². The maximum absolute atomic E-state index is 12.7. The summed E-state index contributed by atoms with van der Waals surface area (Å²) in [6, 6.07) is 15.3. The van der Waals surface area contributed by atoms with Crippen LogP contribution in [-0.4, -0.2) is 34.4 Å². The van der Waals surface area contributed by atoms with Crippen LogP contribution in [0.5, 0.6) is 5.75 Å². The van der Waals surface area contributed by atoms with Gasteiger partial charge in [0.25, 0.3) is 5.91 Å². The molecule has 4 aromatic rings. The molecular weight excluding hydrogens is 412 g/mol. The molecule has 0 radical (unpaired) electrons. The van der Waals surface area contributed by atoms with E-state index in [4.69, 9.17) is 4.74 Å². The highest BCUT2D eigenvalue weighted by Gasteiger charge is 2.32. The number of ether oxygens (including phenoxy) is 1. The van der Waals surface area contributed by atoms with E-state index in [0.717, 1.165) is 27.9 Å². The quantitative estimate of drug-likeness (QED) is 0.502. The van der Waals surface area contributed by atoms with Crippen LogP contribution in [0.1, 0.15) is 12.6 Å². The Hall–Kier alpha value is -3.65. The van der Waals surface area contributed by atoms with Gasteiger partial charge in [-0.05, 0) is 32.0 Å². The van der Waals surface area contributed by atoms with Gasteiger partial charge >= 0.3 is 0 Å². The Morgan fingerprint density at radius 3 is 2.87 bits per heavy atom. The lowest BCUT2D eigenvalue weighted by atomic mass is 10.1. The Balaban J connectivity index is 1.36. The number of nitrogens with one attached hydrogen (secondary N) is 2. The van der Waals surface area contributed by atoms with Crippen LogP contribution < -0.4 is 15.0 Å². The molecule has 0 unspecified atom stereocenters. The molecule has 8 heteroatoms. The number of hydrogen-bond acceptors (Lipinski definition) is 5. The van der Waals surface area contributed by atoms with Gasteiger partial charge in [0.05, 0.1) is 11.4 Å². The molecule has 0 spiro atoms. The second-order valence-corrected chi connectivity index (χ2v) is 8.27. The van der Waals surface area contributed by atoms with Gasteiger partial charge in [0, 0.05) is 27.5 Å². The number of para-hydroxylation sites is 3. The largest absolute Gasteiger partial charge is 0.479 e. The fourth-order valence-corrected chi connectivity index (χ4v) is 4.59. The zero-order valence-corrected chi connectivity index (χ0v) is 17.8. The van der Waals surface area contributed by atoms with Gasteiger partial charge in [0.2, 0.25) is 5.91 Å². The van der Waals surface area contributed by atoms with Crippen molar-refractivity contribution in [1.82, 2.24) is 9.97 Å². The molecule has 3 heterocycles. The van der Waals surface area contributed by atoms with Crippen LogP contribution in [0.4, 0.5) is 10.8 Å². The van der Waals surface area contributed by atoms with E-state index in [1.807, 2.05) is 42.6 Å². The van der Waals surface area contributed by atoms with Crippen LogP contribution in [0, 0.1) is 6.92 Å². The van der Waals surface area contributed by atoms with Gasteiger partial charge in [-0.2, -0.15) is 0 Å². The Morgan fingerprint density at radius 2 is 2.00 bits per heavy atom. The van der Waals surface area contributed by atoms with Crippen molar-refractivity contribution in [3.63, 3.8) is 0 Å². The third-order valence-electron chi connectivity index (χ3n) is 5.28. The van der Waals surface area contributed by atoms with Crippen LogP contribution in [0.25, 0.3) is 22.2 Å². The van der Waals surface area contributed by atoms with Gasteiger partial charge in [-0.3, -0.25) is 14.5 Å². The Bertz CT molecular complexity index is 1310. The summed E-state index contributed by atoms with van der Waals surface area (Å²) < 4.78 is 5.63. The van der Waals surface area contributed by atoms with Crippen molar-refractivity contribution < 1.29 is 14.3 Å². The highest BCUT2D eigenvalue weighted by atomic mass is 32.1. The predicted molar refractivity (Wildman–Crippen MR) is 122 cm³/mol. The van der Waals surface area contributed by atoms with E-state index in [-0.39, 0.29) is 18.4 Å². The summed E-state index contributed by atoms with van der Waals surface area (Å²) in [5, 5.41) is 6.34. The molecule has 31 heavy (non-hydrogen) atoms. The molecule has 0 aliphatic carbocycles. The molecule has 1 aliphatic heterocycles. The van der Waals surface area contributed by atoms with Crippen LogP contribution >= 0.6 is 11.3 Å². The molecule has 2 aromatic carbocycles. The number of anilines is 2. The van der Waals surface area contributed by atoms with Crippen molar-refractivity contribution in [1.29, 1.82) is 0 Å². The summed E-state index contributed by atoms with van der Waals surface area (Å²) in [5.74, 6) is 0.0330. The molecular formula is C23H20N4O3S. The number of amides is 2. The predicted octanol–water partition coefficient (Wildman–Crippen LogP) is 4.35. The fraction of sp³-hybridized carbons (Fsp3) is 0.174. The van der Waals surface area contributed by atoms with Gasteiger partial charge in [-0.15, -0.1) is 11.3 Å². The highest BCUT2D eigenvalue weighted by Crippen LogP contribution is 2.35. The van der Waals surface area contributed by atoms with E-state index in [9.17, 15) is 9.59 Å². The van der Waals surface area contributed by atoms with E-state index < -0.39 is 6.10 Å². The Kier molecular flexibility index (Phi) is 4.71. The zero-order valence-electron chi connectivity index (χ0n) is 17.0. The lowest BCUT2D eigenvalue weighted by molar-refractivity contribution is -0.127. The van der Waals surface area contributed by atoms with Gasteiger partial charge in [-0.25, -0.2) is 4.98 Å². The van der Waals surface area contributed by atoms with E-state index in [1.165, 1.54) is 16.2 Å². The van der Waals surface area contributed by atoms with Gasteiger partial charge in [0.15, 0.2) is 11.2 Å². The number of fused-ring (bicyclic) bond motifs is 2. The van der Waals surface area contributed by atoms with E-state index >= 15 is 0 Å². The lowest BCUT2D eigenvalue weighted by Crippen LogP contribution is -2.47. The molecule has 0 saturated heterocycles. The molecule has 1 atom stereocenters. The summed E-state index contributed by atoms with van der Waals surface area (Å²) in [7, 11) is 0. The number of aromatic nitrogens is 2. The molecule has 1 aliphatic rings. The maximum Gasteiger partial charge on any atom is 0.268 e. The Labute approximate surface area is 182 Å². The number of carbonyl (C=O) groups is 2. The van der Waals surface area contributed by atoms with Crippen molar-refractivity contribution >= 4 is 44.9 Å². The summed E-state index contributed by atoms with van der Waals surface area (Å²) in [5.41, 5.74) is 4.49. The van der Waals surface area contributed by atoms with E-state index in [1.54, 1.807) is 19.1 Å². The van der Waals surface area contributed by atoms with Crippen molar-refractivity contribution in [3.8, 4) is 17.0 Å². The van der Waals surface area contributed by atoms with Crippen LogP contribution in [0.15, 0.2) is 53.9 Å². The minimum absolute atomic E-state index is 0.107. The molecule has 2 amide bonds. The number of rotatable bonds is 4. The van der Waals surface area contributed by atoms with Crippen LogP contribution in [-0.2, 0) is 9.59 Å². The van der Waals surface area contributed by atoms with Gasteiger partial charge in [0.1, 0.15) is 12.3 Å². The van der Waals surface area contributed by atoms with Crippen molar-refractivity contribution in [3.05, 3.63) is 59.6 Å². The molecule has 7 nitrogen and oxygen atoms in total. The summed E-state index contributed by atoms with van der Waals surface area (Å²) in [6.45, 7) is 3.58. The normalized spacial score (nSPS) is 15.6. The summed E-state index contributed by atoms with van der Waals surface area (Å²) in [4.78, 5) is 34.8. The maximum atomic E-state index is 12.7. The second kappa shape index (κ2) is 7.55. The summed E-state index contributed by atoms with van der Waals surface area (Å²) in [6.07, 6.45) is -0.640. The van der Waals surface area contributed by atoms with Gasteiger partial charge in [-0.1, -0.05) is 30.3 Å². The van der Waals surface area contributed by atoms with Gasteiger partial charge < -0.3 is 15.0 Å². The molecule has 0 fully saturated rings. The molecule has 2 aromatic heterocycles. The minimum Gasteiger partial charge on any atom is -0.479 e. The number of thiazole rings is 1. The van der Waals surface area contributed by atoms with Crippen molar-refractivity contribution in [2.45, 2.75) is 20.0 Å². The number of H-pyrrole nitrogens is 1. The molecule has 2 N–H and O–H groups in total. The van der Waals surface area contributed by atoms with Crippen molar-refractivity contribution in [2.24, 2.45) is 0 Å². The third kappa shape index (κ3) is 3.44. The molecule has 0 saturated carbocycles. The topological polar surface area (TPSA) is 87.3 Å². The standard InChI is InChI=1S/C23H20N4O3S/c1-13-21(15-7-3-4-8-16(15)24-13)17-12-31-23(25-17)26-20(28)11-27-18-9-5-6-10-19(18)30-14(2)22(27)29/h3-10,12,14,24H,11H2,1-2H3,(H,25,26,28)/t14-/m0/s1. The first-order valence-electron chi connectivity index (χ1n) is 9.91. The zero-order chi connectivity index (χ0) is 21.5. The van der Waals surface area contributed by atoms with Crippen molar-refractivity contribution in [2.75, 3.05) is 16.8 Å². The third-order valence-corrected chi connectivity index (χ3v) is 6.03. The first-order valence-corrected chi connectivity index (χ1v) is 10.8. The smallest absolute Gasteiger partial charge is 0.268 e. The average Bonchev–Trinajstić information content (AvgIpc) is 3.34. The molecule has 156 valence electrons. The van der Waals surface area contributed by atoms with Crippen LogP contribution in [0.3, 0.4) is 0 Å². The second-order valence-electron chi connectivity index (χ2n) is 7.41.